The molecule has 5 aromatic rings. The molecular formula is C38H49N5O7SSi2. The molecule has 0 unspecified atom stereocenters. The van der Waals surface area contributed by atoms with Crippen LogP contribution in [0.15, 0.2) is 79.4 Å². The van der Waals surface area contributed by atoms with Gasteiger partial charge in [0.25, 0.3) is 0 Å². The van der Waals surface area contributed by atoms with Gasteiger partial charge in [-0.2, -0.15) is 4.98 Å². The van der Waals surface area contributed by atoms with Gasteiger partial charge in [-0.3, -0.25) is 8.97 Å². The lowest BCUT2D eigenvalue weighted by molar-refractivity contribution is -0.0569. The van der Waals surface area contributed by atoms with Gasteiger partial charge in [0, 0.05) is 24.6 Å². The fourth-order valence-electron chi connectivity index (χ4n) is 7.64. The molecule has 4 atom stereocenters. The second-order valence-electron chi connectivity index (χ2n) is 15.0. The van der Waals surface area contributed by atoms with Gasteiger partial charge in [0.05, 0.1) is 12.9 Å². The number of aromatic nitrogens is 5. The number of para-hydroxylation sites is 1. The van der Waals surface area contributed by atoms with E-state index in [4.69, 9.17) is 54.1 Å². The van der Waals surface area contributed by atoms with Gasteiger partial charge in [-0.05, 0) is 39.9 Å². The molecule has 0 saturated carbocycles. The van der Waals surface area contributed by atoms with Crippen molar-refractivity contribution in [3.63, 3.8) is 0 Å². The molecule has 0 amide bonds. The molecule has 53 heavy (non-hydrogen) atoms. The van der Waals surface area contributed by atoms with E-state index < -0.39 is 41.7 Å². The fraction of sp³-hybridized carbons (Fsp3) is 0.474. The maximum Gasteiger partial charge on any atom is 0.358 e. The van der Waals surface area contributed by atoms with Gasteiger partial charge in [0.15, 0.2) is 23.5 Å². The third kappa shape index (κ3) is 7.03. The lowest BCUT2D eigenvalue weighted by Crippen LogP contribution is -2.66. The van der Waals surface area contributed by atoms with Gasteiger partial charge >= 0.3 is 22.4 Å². The molecule has 2 saturated heterocycles. The number of thiocarbonyl (C=S) groups is 1. The van der Waals surface area contributed by atoms with E-state index in [0.717, 1.165) is 5.56 Å². The van der Waals surface area contributed by atoms with Crippen LogP contribution in [0.25, 0.3) is 16.9 Å². The molecule has 2 aliphatic heterocycles. The maximum absolute atomic E-state index is 7.49. The van der Waals surface area contributed by atoms with Crippen molar-refractivity contribution in [1.29, 1.82) is 0 Å². The Morgan fingerprint density at radius 1 is 0.887 bits per heavy atom. The van der Waals surface area contributed by atoms with E-state index in [1.165, 1.54) is 0 Å². The molecule has 2 aromatic carbocycles. The molecule has 0 radical (unpaired) electrons. The summed E-state index contributed by atoms with van der Waals surface area (Å²) in [6.07, 6.45) is 2.57. The number of hydrogen-bond acceptors (Lipinski definition) is 11. The average molecular weight is 776 g/mol. The van der Waals surface area contributed by atoms with Crippen molar-refractivity contribution in [2.75, 3.05) is 6.61 Å². The molecule has 5 heterocycles. The summed E-state index contributed by atoms with van der Waals surface area (Å²) in [6.45, 7) is 18.2. The summed E-state index contributed by atoms with van der Waals surface area (Å²) in [7, 11) is -5.90. The molecule has 3 aromatic heterocycles. The molecule has 282 valence electrons. The second-order valence-corrected chi connectivity index (χ2v) is 24.2. The minimum atomic E-state index is -3.06. The van der Waals surface area contributed by atoms with Gasteiger partial charge in [-0.25, -0.2) is 9.97 Å². The molecule has 2 aliphatic rings. The van der Waals surface area contributed by atoms with Crippen LogP contribution in [-0.2, 0) is 29.0 Å². The van der Waals surface area contributed by atoms with Gasteiger partial charge in [0.2, 0.25) is 11.7 Å². The van der Waals surface area contributed by atoms with Crippen LogP contribution in [0, 0.1) is 0 Å². The Kier molecular flexibility index (Phi) is 10.8. The fourth-order valence-corrected chi connectivity index (χ4v) is 19.1. The van der Waals surface area contributed by atoms with E-state index in [-0.39, 0.29) is 34.0 Å². The third-order valence-corrected chi connectivity index (χ3v) is 20.7. The maximum atomic E-state index is 7.49. The van der Waals surface area contributed by atoms with Crippen LogP contribution in [0.4, 0.5) is 0 Å². The quantitative estimate of drug-likeness (QED) is 0.101. The molecular weight excluding hydrogens is 727 g/mol. The first-order chi connectivity index (χ1) is 25.4. The molecule has 0 aliphatic carbocycles. The van der Waals surface area contributed by atoms with Crippen LogP contribution in [0.3, 0.4) is 0 Å². The van der Waals surface area contributed by atoms with Crippen LogP contribution in [0.5, 0.6) is 11.6 Å². The number of ether oxygens (including phenoxy) is 4. The molecule has 0 N–H and O–H groups in total. The van der Waals surface area contributed by atoms with Crippen LogP contribution in [-0.4, -0.2) is 71.2 Å². The summed E-state index contributed by atoms with van der Waals surface area (Å²) in [4.78, 5) is 14.1. The van der Waals surface area contributed by atoms with Gasteiger partial charge < -0.3 is 31.9 Å². The van der Waals surface area contributed by atoms with Crippen molar-refractivity contribution in [2.24, 2.45) is 0 Å². The van der Waals surface area contributed by atoms with Crippen molar-refractivity contribution in [1.82, 2.24) is 23.9 Å². The molecule has 0 spiro atoms. The average Bonchev–Trinajstić information content (AvgIpc) is 3.85. The highest BCUT2D eigenvalue weighted by Crippen LogP contribution is 2.49. The smallest absolute Gasteiger partial charge is 0.358 e. The summed E-state index contributed by atoms with van der Waals surface area (Å²) in [5.41, 5.74) is 2.76. The minimum absolute atomic E-state index is 0.0526. The van der Waals surface area contributed by atoms with Crippen molar-refractivity contribution in [3.8, 4) is 11.6 Å². The Hall–Kier alpha value is -3.71. The first-order valence-electron chi connectivity index (χ1n) is 18.4. The number of fused-ring (bicyclic) bond motifs is 4. The van der Waals surface area contributed by atoms with E-state index in [0.29, 0.717) is 35.2 Å². The Morgan fingerprint density at radius 2 is 1.55 bits per heavy atom. The lowest BCUT2D eigenvalue weighted by Gasteiger charge is -2.51. The minimum Gasteiger partial charge on any atom is -0.471 e. The normalized spacial score (nSPS) is 22.7. The van der Waals surface area contributed by atoms with Crippen molar-refractivity contribution >= 4 is 51.5 Å². The lowest BCUT2D eigenvalue weighted by atomic mass is 10.1. The van der Waals surface area contributed by atoms with E-state index in [1.54, 1.807) is 12.5 Å². The molecule has 15 heteroatoms. The predicted molar refractivity (Wildman–Crippen MR) is 209 cm³/mol. The van der Waals surface area contributed by atoms with Crippen LogP contribution >= 0.6 is 12.2 Å². The summed E-state index contributed by atoms with van der Waals surface area (Å²) in [5.74, 6) is 1.37. The number of imidazole rings is 2. The summed E-state index contributed by atoms with van der Waals surface area (Å²) >= 11 is 5.77. The van der Waals surface area contributed by atoms with Crippen molar-refractivity contribution in [3.05, 3.63) is 84.9 Å². The zero-order valence-corrected chi connectivity index (χ0v) is 34.4. The topological polar surface area (TPSA) is 113 Å². The van der Waals surface area contributed by atoms with E-state index in [2.05, 4.69) is 60.4 Å². The Labute approximate surface area is 318 Å². The predicted octanol–water partition coefficient (Wildman–Crippen LogP) is 8.26. The summed E-state index contributed by atoms with van der Waals surface area (Å²) in [6, 6.07) is 19.3. The number of benzene rings is 2. The van der Waals surface area contributed by atoms with Crippen LogP contribution in [0.1, 0.15) is 67.2 Å². The monoisotopic (exact) mass is 775 g/mol. The standard InChI is InChI=1S/C38H49N5O7SSi2/c1-24(2)52(25(3)4)45-22-30-32(49-53(50-52,26(5)6)27(7)8)33(48-38(51)46-29-17-13-10-14-18-29)36(47-30)43-23-40-31-34(44-21-28-15-11-9-12-16-28)41-37-39-19-20-42(37)35(31)43/h9-20,23-27,30,32-33,36H,21-22H2,1-8H3/t30-,32-,33-,36-/m1/s1. The molecule has 0 bridgehead atoms. The zero-order valence-electron chi connectivity index (χ0n) is 31.5. The Balaban J connectivity index is 1.34. The zero-order chi connectivity index (χ0) is 37.5. The molecule has 12 nitrogen and oxygen atoms in total. The van der Waals surface area contributed by atoms with E-state index in [9.17, 15) is 0 Å². The highest BCUT2D eigenvalue weighted by molar-refractivity contribution is 7.79. The van der Waals surface area contributed by atoms with Crippen molar-refractivity contribution < 1.29 is 31.9 Å². The molecule has 7 rings (SSSR count). The van der Waals surface area contributed by atoms with Gasteiger partial charge in [-0.1, -0.05) is 104 Å². The number of rotatable bonds is 10. The number of nitrogens with zero attached hydrogens (tertiary/aromatic N) is 5. The van der Waals surface area contributed by atoms with Gasteiger partial charge in [-0.15, -0.1) is 0 Å². The van der Waals surface area contributed by atoms with Crippen LogP contribution < -0.4 is 9.47 Å². The first kappa shape index (κ1) is 37.6. The SMILES string of the molecule is CC(C)[Si]1(C(C)C)OC[C@H]2O[C@@H](n3cnc4c(OCc5ccccc5)nc5nccn5c43)[C@H](OC(=S)Oc3ccccc3)[C@@H]2O[Si](C(C)C)(C(C)C)O1. The van der Waals surface area contributed by atoms with Gasteiger partial charge in [0.1, 0.15) is 24.6 Å². The number of hydrogen-bond donors (Lipinski definition) is 0. The highest BCUT2D eigenvalue weighted by atomic mass is 32.1. The van der Waals surface area contributed by atoms with Crippen molar-refractivity contribution in [2.45, 2.75) is 109 Å². The largest absolute Gasteiger partial charge is 0.471 e. The third-order valence-electron chi connectivity index (χ3n) is 10.3. The van der Waals surface area contributed by atoms with E-state index in [1.807, 2.05) is 75.8 Å². The second kappa shape index (κ2) is 15.2. The van der Waals surface area contributed by atoms with Crippen LogP contribution in [0.2, 0.25) is 22.2 Å². The highest BCUT2D eigenvalue weighted by Gasteiger charge is 2.62. The first-order valence-corrected chi connectivity index (χ1v) is 22.8. The van der Waals surface area contributed by atoms with E-state index >= 15 is 0 Å². The summed E-state index contributed by atoms with van der Waals surface area (Å²) < 4.78 is 51.9. The Morgan fingerprint density at radius 3 is 2.21 bits per heavy atom. The Bertz CT molecular complexity index is 2010. The summed E-state index contributed by atoms with van der Waals surface area (Å²) in [5, 5.41) is -0.0526. The molecule has 2 fully saturated rings.